The topological polar surface area (TPSA) is 66.4 Å². The van der Waals surface area contributed by atoms with E-state index in [2.05, 4.69) is 11.4 Å². The van der Waals surface area contributed by atoms with E-state index in [1.165, 1.54) is 4.88 Å². The Morgan fingerprint density at radius 1 is 1.47 bits per heavy atom. The monoisotopic (exact) mass is 281 g/mol. The molecule has 104 valence electrons. The van der Waals surface area contributed by atoms with Gasteiger partial charge in [-0.2, -0.15) is 0 Å². The Bertz CT molecular complexity index is 444. The van der Waals surface area contributed by atoms with Crippen LogP contribution in [0.2, 0.25) is 0 Å². The summed E-state index contributed by atoms with van der Waals surface area (Å²) in [6.45, 7) is 1.99. The van der Waals surface area contributed by atoms with Crippen LogP contribution in [-0.2, 0) is 16.0 Å². The molecule has 1 aromatic heterocycles. The molecule has 0 spiro atoms. The average molecular weight is 281 g/mol. The molecule has 1 aliphatic rings. The van der Waals surface area contributed by atoms with E-state index in [1.54, 1.807) is 11.3 Å². The van der Waals surface area contributed by atoms with E-state index < -0.39 is 5.97 Å². The van der Waals surface area contributed by atoms with Gasteiger partial charge in [-0.15, -0.1) is 11.3 Å². The van der Waals surface area contributed by atoms with Crippen molar-refractivity contribution in [3.05, 3.63) is 22.4 Å². The number of amides is 1. The van der Waals surface area contributed by atoms with Gasteiger partial charge >= 0.3 is 5.97 Å². The van der Waals surface area contributed by atoms with Crippen LogP contribution in [0.4, 0.5) is 0 Å². The van der Waals surface area contributed by atoms with Gasteiger partial charge in [0.25, 0.3) is 0 Å². The molecule has 2 rings (SSSR count). The second-order valence-electron chi connectivity index (χ2n) is 5.24. The van der Waals surface area contributed by atoms with Crippen molar-refractivity contribution in [1.29, 1.82) is 0 Å². The smallest absolute Gasteiger partial charge is 0.306 e. The Kier molecular flexibility index (Phi) is 4.58. The number of thiophene rings is 1. The number of carbonyl (C=O) groups excluding carboxylic acids is 1. The van der Waals surface area contributed by atoms with Crippen molar-refractivity contribution < 1.29 is 14.7 Å². The highest BCUT2D eigenvalue weighted by Crippen LogP contribution is 2.31. The third-order valence-electron chi connectivity index (χ3n) is 3.63. The van der Waals surface area contributed by atoms with Crippen LogP contribution in [0.25, 0.3) is 0 Å². The first-order valence-electron chi connectivity index (χ1n) is 6.62. The molecule has 0 bridgehead atoms. The van der Waals surface area contributed by atoms with Crippen molar-refractivity contribution in [3.63, 3.8) is 0 Å². The quantitative estimate of drug-likeness (QED) is 0.870. The minimum absolute atomic E-state index is 0.00723. The summed E-state index contributed by atoms with van der Waals surface area (Å²) in [6, 6.07) is 4.15. The van der Waals surface area contributed by atoms with Crippen LogP contribution in [0, 0.1) is 11.8 Å². The van der Waals surface area contributed by atoms with E-state index in [0.717, 1.165) is 6.42 Å². The standard InChI is InChI=1S/C14H19NO3S/c1-9(7-12-3-2-6-19-12)15-13(16)10-4-5-11(8-10)14(17)18/h2-3,6,9-11H,4-5,7-8H2,1H3,(H,15,16)(H,17,18)/t9?,10-,11+/m1/s1. The summed E-state index contributed by atoms with van der Waals surface area (Å²) >= 11 is 1.69. The molecule has 0 aliphatic heterocycles. The molecule has 0 saturated heterocycles. The maximum atomic E-state index is 12.1. The van der Waals surface area contributed by atoms with Crippen LogP contribution in [-0.4, -0.2) is 23.0 Å². The Labute approximate surface area is 116 Å². The molecule has 2 N–H and O–H groups in total. The molecule has 1 amide bonds. The third-order valence-corrected chi connectivity index (χ3v) is 4.53. The molecule has 1 aromatic rings. The van der Waals surface area contributed by atoms with Gasteiger partial charge in [0.15, 0.2) is 0 Å². The van der Waals surface area contributed by atoms with Crippen molar-refractivity contribution in [2.24, 2.45) is 11.8 Å². The maximum absolute atomic E-state index is 12.1. The van der Waals surface area contributed by atoms with Crippen LogP contribution >= 0.6 is 11.3 Å². The lowest BCUT2D eigenvalue weighted by molar-refractivity contribution is -0.141. The molecule has 1 fully saturated rings. The van der Waals surface area contributed by atoms with Crippen LogP contribution in [0.15, 0.2) is 17.5 Å². The van der Waals surface area contributed by atoms with Crippen LogP contribution in [0.1, 0.15) is 31.1 Å². The highest BCUT2D eigenvalue weighted by Gasteiger charge is 2.34. The van der Waals surface area contributed by atoms with E-state index in [-0.39, 0.29) is 23.8 Å². The van der Waals surface area contributed by atoms with E-state index in [0.29, 0.717) is 19.3 Å². The predicted molar refractivity (Wildman–Crippen MR) is 74.1 cm³/mol. The van der Waals surface area contributed by atoms with Gasteiger partial charge in [0.05, 0.1) is 5.92 Å². The molecule has 1 saturated carbocycles. The van der Waals surface area contributed by atoms with Crippen LogP contribution in [0.3, 0.4) is 0 Å². The number of carboxylic acid groups (broad SMARTS) is 1. The normalized spacial score (nSPS) is 24.1. The van der Waals surface area contributed by atoms with Crippen molar-refractivity contribution in [2.45, 2.75) is 38.6 Å². The minimum Gasteiger partial charge on any atom is -0.481 e. The fraction of sp³-hybridized carbons (Fsp3) is 0.571. The van der Waals surface area contributed by atoms with Gasteiger partial charge in [0.1, 0.15) is 0 Å². The molecule has 0 aromatic carbocycles. The van der Waals surface area contributed by atoms with Gasteiger partial charge in [-0.3, -0.25) is 9.59 Å². The van der Waals surface area contributed by atoms with Gasteiger partial charge < -0.3 is 10.4 Å². The van der Waals surface area contributed by atoms with Crippen molar-refractivity contribution in [2.75, 3.05) is 0 Å². The zero-order valence-electron chi connectivity index (χ0n) is 11.0. The first kappa shape index (κ1) is 14.1. The number of aliphatic carboxylic acids is 1. The van der Waals surface area contributed by atoms with E-state index in [4.69, 9.17) is 5.11 Å². The largest absolute Gasteiger partial charge is 0.481 e. The molecule has 3 atom stereocenters. The molecule has 1 heterocycles. The third kappa shape index (κ3) is 3.80. The Hall–Kier alpha value is -1.36. The van der Waals surface area contributed by atoms with Gasteiger partial charge in [-0.1, -0.05) is 6.07 Å². The van der Waals surface area contributed by atoms with Gasteiger partial charge in [-0.05, 0) is 37.6 Å². The number of hydrogen-bond acceptors (Lipinski definition) is 3. The van der Waals surface area contributed by atoms with Gasteiger partial charge in [0.2, 0.25) is 5.91 Å². The highest BCUT2D eigenvalue weighted by molar-refractivity contribution is 7.09. The summed E-state index contributed by atoms with van der Waals surface area (Å²) in [7, 11) is 0. The summed E-state index contributed by atoms with van der Waals surface area (Å²) in [5.41, 5.74) is 0. The molecule has 0 radical (unpaired) electrons. The molecule has 5 heteroatoms. The molecular weight excluding hydrogens is 262 g/mol. The number of hydrogen-bond donors (Lipinski definition) is 2. The Morgan fingerprint density at radius 2 is 2.21 bits per heavy atom. The number of carboxylic acids is 1. The van der Waals surface area contributed by atoms with E-state index in [9.17, 15) is 9.59 Å². The molecule has 1 unspecified atom stereocenters. The van der Waals surface area contributed by atoms with Crippen LogP contribution in [0.5, 0.6) is 0 Å². The second kappa shape index (κ2) is 6.19. The first-order chi connectivity index (χ1) is 9.06. The summed E-state index contributed by atoms with van der Waals surface area (Å²) in [4.78, 5) is 24.2. The van der Waals surface area contributed by atoms with Crippen molar-refractivity contribution >= 4 is 23.2 Å². The zero-order chi connectivity index (χ0) is 13.8. The van der Waals surface area contributed by atoms with Gasteiger partial charge in [0, 0.05) is 23.3 Å². The first-order valence-corrected chi connectivity index (χ1v) is 7.49. The summed E-state index contributed by atoms with van der Waals surface area (Å²) in [5.74, 6) is -1.25. The van der Waals surface area contributed by atoms with E-state index >= 15 is 0 Å². The number of carbonyl (C=O) groups is 2. The number of rotatable bonds is 5. The van der Waals surface area contributed by atoms with E-state index in [1.807, 2.05) is 18.4 Å². The lowest BCUT2D eigenvalue weighted by Gasteiger charge is -2.16. The molecule has 4 nitrogen and oxygen atoms in total. The predicted octanol–water partition coefficient (Wildman–Crippen LogP) is 2.30. The molecule has 19 heavy (non-hydrogen) atoms. The fourth-order valence-corrected chi connectivity index (χ4v) is 3.42. The summed E-state index contributed by atoms with van der Waals surface area (Å²) < 4.78 is 0. The SMILES string of the molecule is CC(Cc1cccs1)NC(=O)[C@@H]1CC[C@H](C(=O)O)C1. The Morgan fingerprint density at radius 3 is 2.79 bits per heavy atom. The molecular formula is C14H19NO3S. The second-order valence-corrected chi connectivity index (χ2v) is 6.27. The minimum atomic E-state index is -0.776. The molecule has 1 aliphatic carbocycles. The highest BCUT2D eigenvalue weighted by atomic mass is 32.1. The maximum Gasteiger partial charge on any atom is 0.306 e. The van der Waals surface area contributed by atoms with Crippen molar-refractivity contribution in [1.82, 2.24) is 5.32 Å². The zero-order valence-corrected chi connectivity index (χ0v) is 11.8. The fourth-order valence-electron chi connectivity index (χ4n) is 2.59. The van der Waals surface area contributed by atoms with Crippen LogP contribution < -0.4 is 5.32 Å². The number of nitrogens with one attached hydrogen (secondary N) is 1. The lowest BCUT2D eigenvalue weighted by atomic mass is 10.0. The van der Waals surface area contributed by atoms with Crippen molar-refractivity contribution in [3.8, 4) is 0 Å². The summed E-state index contributed by atoms with van der Waals surface area (Å²) in [5, 5.41) is 14.0. The lowest BCUT2D eigenvalue weighted by Crippen LogP contribution is -2.37. The van der Waals surface area contributed by atoms with Gasteiger partial charge in [-0.25, -0.2) is 0 Å². The average Bonchev–Trinajstić information content (AvgIpc) is 2.98. The Balaban J connectivity index is 1.79. The summed E-state index contributed by atoms with van der Waals surface area (Å²) in [6.07, 6.45) is 2.62.